The summed E-state index contributed by atoms with van der Waals surface area (Å²) in [6, 6.07) is 0.383. The molecule has 0 saturated heterocycles. The predicted molar refractivity (Wildman–Crippen MR) is 93.8 cm³/mol. The lowest BCUT2D eigenvalue weighted by Gasteiger charge is -2.58. The third kappa shape index (κ3) is 2.13. The second-order valence-corrected chi connectivity index (χ2v) is 9.55. The van der Waals surface area contributed by atoms with Crippen molar-refractivity contribution < 1.29 is 4.79 Å². The van der Waals surface area contributed by atoms with Crippen molar-refractivity contribution in [3.8, 4) is 0 Å². The van der Waals surface area contributed by atoms with Crippen LogP contribution in [0.15, 0.2) is 11.6 Å². The molecule has 4 aliphatic rings. The minimum Gasteiger partial charge on any atom is -0.327 e. The summed E-state index contributed by atoms with van der Waals surface area (Å²) in [7, 11) is 0. The number of nitrogens with two attached hydrogens (primary N) is 1. The van der Waals surface area contributed by atoms with Crippen molar-refractivity contribution in [1.82, 2.24) is 0 Å². The zero-order valence-corrected chi connectivity index (χ0v) is 15.1. The second kappa shape index (κ2) is 5.18. The Kier molecular flexibility index (Phi) is 3.58. The largest absolute Gasteiger partial charge is 0.327 e. The van der Waals surface area contributed by atoms with Crippen LogP contribution in [0.1, 0.15) is 72.1 Å². The fourth-order valence-corrected chi connectivity index (χ4v) is 7.36. The third-order valence-electron chi connectivity index (χ3n) is 8.63. The summed E-state index contributed by atoms with van der Waals surface area (Å²) in [5, 5.41) is 0. The van der Waals surface area contributed by atoms with Crippen LogP contribution >= 0.6 is 0 Å². The van der Waals surface area contributed by atoms with Gasteiger partial charge in [-0.15, -0.1) is 0 Å². The molecule has 0 aromatic heterocycles. The number of carbonyl (C=O) groups is 1. The second-order valence-electron chi connectivity index (χ2n) is 9.55. The number of hydrogen-bond acceptors (Lipinski definition) is 2. The van der Waals surface area contributed by atoms with Crippen molar-refractivity contribution in [2.75, 3.05) is 0 Å². The van der Waals surface area contributed by atoms with Crippen molar-refractivity contribution in [3.05, 3.63) is 11.6 Å². The van der Waals surface area contributed by atoms with E-state index in [2.05, 4.69) is 19.9 Å². The Morgan fingerprint density at radius 2 is 1.91 bits per heavy atom. The molecule has 4 rings (SSSR count). The number of Topliss-reactive ketones (excluding diaryl/α,β-unsaturated/α-hetero) is 1. The molecule has 2 nitrogen and oxygen atoms in total. The van der Waals surface area contributed by atoms with Gasteiger partial charge in [-0.05, 0) is 86.9 Å². The highest BCUT2D eigenvalue weighted by atomic mass is 16.1. The average molecular weight is 316 g/mol. The Morgan fingerprint density at radius 3 is 2.65 bits per heavy atom. The van der Waals surface area contributed by atoms with Gasteiger partial charge in [-0.1, -0.05) is 25.5 Å². The molecule has 0 unspecified atom stereocenters. The van der Waals surface area contributed by atoms with E-state index in [-0.39, 0.29) is 5.41 Å². The highest BCUT2D eigenvalue weighted by Crippen LogP contribution is 2.66. The average Bonchev–Trinajstić information content (AvgIpc) is 2.85. The van der Waals surface area contributed by atoms with Gasteiger partial charge in [-0.3, -0.25) is 4.79 Å². The summed E-state index contributed by atoms with van der Waals surface area (Å²) < 4.78 is 0. The maximum absolute atomic E-state index is 12.2. The molecule has 2 N–H and O–H groups in total. The zero-order chi connectivity index (χ0) is 16.4. The molecule has 0 radical (unpaired) electrons. The van der Waals surface area contributed by atoms with Crippen molar-refractivity contribution in [1.29, 1.82) is 0 Å². The van der Waals surface area contributed by atoms with Crippen molar-refractivity contribution in [3.63, 3.8) is 0 Å². The van der Waals surface area contributed by atoms with Crippen LogP contribution in [0.25, 0.3) is 0 Å². The van der Waals surface area contributed by atoms with Gasteiger partial charge >= 0.3 is 0 Å². The Balaban J connectivity index is 1.66. The van der Waals surface area contributed by atoms with Gasteiger partial charge in [0, 0.05) is 12.0 Å². The van der Waals surface area contributed by atoms with Gasteiger partial charge in [0.25, 0.3) is 0 Å². The van der Waals surface area contributed by atoms with E-state index < -0.39 is 0 Å². The first-order valence-electron chi connectivity index (χ1n) is 9.82. The van der Waals surface area contributed by atoms with E-state index in [1.807, 2.05) is 6.92 Å². The molecule has 7 atom stereocenters. The Hall–Kier alpha value is -0.630. The first-order valence-corrected chi connectivity index (χ1v) is 9.82. The normalized spacial score (nSPS) is 52.2. The summed E-state index contributed by atoms with van der Waals surface area (Å²) in [5.41, 5.74) is 8.59. The monoisotopic (exact) mass is 315 g/mol. The third-order valence-corrected chi connectivity index (χ3v) is 8.63. The zero-order valence-electron chi connectivity index (χ0n) is 15.1. The first-order chi connectivity index (χ1) is 10.9. The minimum atomic E-state index is 0.278. The summed E-state index contributed by atoms with van der Waals surface area (Å²) in [4.78, 5) is 12.2. The smallest absolute Gasteiger partial charge is 0.133 e. The molecule has 0 spiro atoms. The van der Waals surface area contributed by atoms with E-state index in [0.29, 0.717) is 23.2 Å². The fraction of sp³-hybridized carbons (Fsp3) is 0.857. The van der Waals surface area contributed by atoms with E-state index in [1.165, 1.54) is 38.5 Å². The summed E-state index contributed by atoms with van der Waals surface area (Å²) in [6.07, 6.45) is 12.4. The topological polar surface area (TPSA) is 43.1 Å². The van der Waals surface area contributed by atoms with Crippen LogP contribution in [0.4, 0.5) is 0 Å². The molecule has 0 aliphatic heterocycles. The van der Waals surface area contributed by atoms with Gasteiger partial charge in [0.05, 0.1) is 0 Å². The number of ketones is 1. The predicted octanol–water partition coefficient (Wildman–Crippen LogP) is 4.48. The molecule has 0 bridgehead atoms. The van der Waals surface area contributed by atoms with Crippen LogP contribution in [-0.2, 0) is 4.79 Å². The molecule has 3 saturated carbocycles. The molecular formula is C21H33NO. The molecule has 4 aliphatic carbocycles. The van der Waals surface area contributed by atoms with Crippen molar-refractivity contribution >= 4 is 5.78 Å². The molecule has 23 heavy (non-hydrogen) atoms. The van der Waals surface area contributed by atoms with Gasteiger partial charge < -0.3 is 5.73 Å². The highest BCUT2D eigenvalue weighted by Gasteiger charge is 2.59. The lowest BCUT2D eigenvalue weighted by molar-refractivity contribution is -0.127. The van der Waals surface area contributed by atoms with Gasteiger partial charge in [0.2, 0.25) is 0 Å². The van der Waals surface area contributed by atoms with Crippen LogP contribution in [0.5, 0.6) is 0 Å². The maximum atomic E-state index is 12.2. The summed E-state index contributed by atoms with van der Waals surface area (Å²) in [5.74, 6) is 3.17. The number of fused-ring (bicyclic) bond motifs is 5. The molecule has 3 fully saturated rings. The van der Waals surface area contributed by atoms with Crippen molar-refractivity contribution in [2.45, 2.75) is 78.2 Å². The minimum absolute atomic E-state index is 0.278. The SMILES string of the molecule is CC(=O)[C@H]1CC[C@H]2[C@@H]3CC=C4C[C@@H](N)CC[C@]4(C)[C@H]3CC[C@]12C. The van der Waals surface area contributed by atoms with E-state index in [0.717, 1.165) is 30.6 Å². The molecule has 0 amide bonds. The van der Waals surface area contributed by atoms with E-state index in [9.17, 15) is 4.79 Å². The van der Waals surface area contributed by atoms with E-state index >= 15 is 0 Å². The lowest BCUT2D eigenvalue weighted by atomic mass is 9.47. The van der Waals surface area contributed by atoms with E-state index in [4.69, 9.17) is 5.73 Å². The Morgan fingerprint density at radius 1 is 1.13 bits per heavy atom. The molecule has 2 heteroatoms. The quantitative estimate of drug-likeness (QED) is 0.725. The Labute approximate surface area is 141 Å². The van der Waals surface area contributed by atoms with Crippen LogP contribution < -0.4 is 5.73 Å². The summed E-state index contributed by atoms with van der Waals surface area (Å²) in [6.45, 7) is 6.79. The highest BCUT2D eigenvalue weighted by molar-refractivity contribution is 5.79. The van der Waals surface area contributed by atoms with Gasteiger partial charge in [0.15, 0.2) is 0 Å². The molecule has 0 heterocycles. The lowest BCUT2D eigenvalue weighted by Crippen LogP contribution is -2.51. The van der Waals surface area contributed by atoms with E-state index in [1.54, 1.807) is 5.57 Å². The number of allylic oxidation sites excluding steroid dienone is 1. The van der Waals surface area contributed by atoms with Gasteiger partial charge in [0.1, 0.15) is 5.78 Å². The summed E-state index contributed by atoms with van der Waals surface area (Å²) >= 11 is 0. The molecule has 0 aromatic rings. The Bertz CT molecular complexity index is 552. The number of carbonyl (C=O) groups excluding carboxylic acids is 1. The first kappa shape index (κ1) is 15.9. The molecule has 128 valence electrons. The fourth-order valence-electron chi connectivity index (χ4n) is 7.36. The van der Waals surface area contributed by atoms with Crippen molar-refractivity contribution in [2.24, 2.45) is 40.2 Å². The van der Waals surface area contributed by atoms with Gasteiger partial charge in [-0.2, -0.15) is 0 Å². The molecule has 0 aromatic carbocycles. The molecular weight excluding hydrogens is 282 g/mol. The standard InChI is InChI=1S/C21H33NO/c1-13(23)17-6-7-18-16-5-4-14-12-15(22)8-10-20(14,2)19(16)9-11-21(17,18)3/h4,15-19H,5-12,22H2,1-3H3/t15-,16-,17+,18-,19-,20-,21+/m0/s1. The van der Waals surface area contributed by atoms with Crippen LogP contribution in [0, 0.1) is 34.5 Å². The van der Waals surface area contributed by atoms with Crippen LogP contribution in [-0.4, -0.2) is 11.8 Å². The number of rotatable bonds is 1. The van der Waals surface area contributed by atoms with Gasteiger partial charge in [-0.25, -0.2) is 0 Å². The van der Waals surface area contributed by atoms with Crippen LogP contribution in [0.3, 0.4) is 0 Å². The maximum Gasteiger partial charge on any atom is 0.133 e. The number of hydrogen-bond donors (Lipinski definition) is 1. The van der Waals surface area contributed by atoms with Crippen LogP contribution in [0.2, 0.25) is 0 Å².